The minimum Gasteiger partial charge on any atom is -0.310 e. The molecule has 1 aromatic carbocycles. The quantitative estimate of drug-likeness (QED) is 0.888. The number of aryl methyl sites for hydroxylation is 1. The van der Waals surface area contributed by atoms with E-state index in [1.54, 1.807) is 0 Å². The number of nitrogens with zero attached hydrogens (tertiary/aromatic N) is 1. The van der Waals surface area contributed by atoms with Crippen LogP contribution in [0.4, 0.5) is 0 Å². The number of para-hydroxylation sites is 1. The van der Waals surface area contributed by atoms with Crippen molar-refractivity contribution in [2.75, 3.05) is 0 Å². The highest BCUT2D eigenvalue weighted by Crippen LogP contribution is 2.28. The van der Waals surface area contributed by atoms with E-state index >= 15 is 0 Å². The lowest BCUT2D eigenvalue weighted by atomic mass is 9.89. The van der Waals surface area contributed by atoms with E-state index in [-0.39, 0.29) is 5.41 Å². The smallest absolute Gasteiger partial charge is 0.0740 e. The summed E-state index contributed by atoms with van der Waals surface area (Å²) in [6.07, 6.45) is 1.02. The van der Waals surface area contributed by atoms with Crippen LogP contribution >= 0.6 is 0 Å². The van der Waals surface area contributed by atoms with Crippen molar-refractivity contribution in [1.82, 2.24) is 10.3 Å². The van der Waals surface area contributed by atoms with Crippen molar-refractivity contribution in [2.45, 2.75) is 66.0 Å². The van der Waals surface area contributed by atoms with Gasteiger partial charge in [0.05, 0.1) is 5.52 Å². The van der Waals surface area contributed by atoms with Crippen LogP contribution in [-0.2, 0) is 18.4 Å². The van der Waals surface area contributed by atoms with Crippen LogP contribution in [0.15, 0.2) is 24.3 Å². The van der Waals surface area contributed by atoms with Crippen LogP contribution in [0.25, 0.3) is 10.9 Å². The van der Waals surface area contributed by atoms with Crippen molar-refractivity contribution >= 4 is 10.9 Å². The summed E-state index contributed by atoms with van der Waals surface area (Å²) in [6, 6.07) is 9.31. The predicted molar refractivity (Wildman–Crippen MR) is 91.8 cm³/mol. The normalized spacial score (nSPS) is 12.3. The Hall–Kier alpha value is -1.41. The van der Waals surface area contributed by atoms with Crippen LogP contribution in [0.5, 0.6) is 0 Å². The minimum absolute atomic E-state index is 0.0711. The summed E-state index contributed by atoms with van der Waals surface area (Å²) >= 11 is 0. The molecule has 0 unspecified atom stereocenters. The molecule has 0 bridgehead atoms. The van der Waals surface area contributed by atoms with E-state index in [1.807, 2.05) is 0 Å². The highest BCUT2D eigenvalue weighted by molar-refractivity contribution is 5.85. The predicted octanol–water partition coefficient (Wildman–Crippen LogP) is 4.59. The molecule has 0 saturated carbocycles. The number of benzene rings is 1. The Morgan fingerprint density at radius 3 is 2.43 bits per heavy atom. The molecule has 2 nitrogen and oxygen atoms in total. The summed E-state index contributed by atoms with van der Waals surface area (Å²) in [6.45, 7) is 14.2. The van der Waals surface area contributed by atoms with Gasteiger partial charge in [-0.25, -0.2) is 0 Å². The largest absolute Gasteiger partial charge is 0.310 e. The average Bonchev–Trinajstić information content (AvgIpc) is 2.42. The van der Waals surface area contributed by atoms with Crippen molar-refractivity contribution in [1.29, 1.82) is 0 Å². The summed E-state index contributed by atoms with van der Waals surface area (Å²) in [4.78, 5) is 4.98. The van der Waals surface area contributed by atoms with Crippen molar-refractivity contribution in [3.05, 3.63) is 41.1 Å². The van der Waals surface area contributed by atoms with Gasteiger partial charge < -0.3 is 5.32 Å². The first-order valence-electron chi connectivity index (χ1n) is 7.98. The highest BCUT2D eigenvalue weighted by Gasteiger charge is 2.18. The Labute approximate surface area is 129 Å². The summed E-state index contributed by atoms with van der Waals surface area (Å²) in [5, 5.41) is 4.83. The number of hydrogen-bond acceptors (Lipinski definition) is 2. The molecule has 21 heavy (non-hydrogen) atoms. The molecule has 0 fully saturated rings. The molecule has 1 heterocycles. The molecule has 0 radical (unpaired) electrons. The Morgan fingerprint density at radius 1 is 1.14 bits per heavy atom. The average molecular weight is 284 g/mol. The van der Waals surface area contributed by atoms with Crippen LogP contribution in [0.1, 0.15) is 58.4 Å². The van der Waals surface area contributed by atoms with Gasteiger partial charge in [0.15, 0.2) is 0 Å². The number of fused-ring (bicyclic) bond motifs is 1. The molecule has 1 N–H and O–H groups in total. The number of rotatable bonds is 4. The first-order chi connectivity index (χ1) is 9.82. The number of hydrogen-bond donors (Lipinski definition) is 1. The van der Waals surface area contributed by atoms with Gasteiger partial charge in [-0.3, -0.25) is 4.98 Å². The van der Waals surface area contributed by atoms with E-state index in [0.717, 1.165) is 13.0 Å². The lowest BCUT2D eigenvalue weighted by Gasteiger charge is -2.21. The standard InChI is InChI=1S/C19H28N2/c1-7-14-9-8-10-16-15(12-20-13(2)3)11-17(19(4,5)6)21-18(14)16/h8-11,13,20H,7,12H2,1-6H3. The van der Waals surface area contributed by atoms with Crippen LogP contribution in [0, 0.1) is 0 Å². The van der Waals surface area contributed by atoms with Gasteiger partial charge in [0, 0.05) is 29.1 Å². The maximum absolute atomic E-state index is 4.98. The summed E-state index contributed by atoms with van der Waals surface area (Å²) < 4.78 is 0. The van der Waals surface area contributed by atoms with Gasteiger partial charge in [0.25, 0.3) is 0 Å². The Bertz CT molecular complexity index is 621. The van der Waals surface area contributed by atoms with Gasteiger partial charge in [-0.2, -0.15) is 0 Å². The van der Waals surface area contributed by atoms with Gasteiger partial charge >= 0.3 is 0 Å². The lowest BCUT2D eigenvalue weighted by Crippen LogP contribution is -2.23. The third-order valence-corrected chi connectivity index (χ3v) is 3.86. The van der Waals surface area contributed by atoms with Crippen molar-refractivity contribution in [2.24, 2.45) is 0 Å². The number of aromatic nitrogens is 1. The summed E-state index contributed by atoms with van der Waals surface area (Å²) in [5.74, 6) is 0. The number of nitrogens with one attached hydrogen (secondary N) is 1. The van der Waals surface area contributed by atoms with Gasteiger partial charge in [-0.05, 0) is 23.6 Å². The molecule has 1 aromatic heterocycles. The van der Waals surface area contributed by atoms with Crippen molar-refractivity contribution in [3.8, 4) is 0 Å². The van der Waals surface area contributed by atoms with Crippen molar-refractivity contribution in [3.63, 3.8) is 0 Å². The second-order valence-corrected chi connectivity index (χ2v) is 7.12. The second kappa shape index (κ2) is 6.15. The Balaban J connectivity index is 2.63. The van der Waals surface area contributed by atoms with Crippen LogP contribution in [-0.4, -0.2) is 11.0 Å². The highest BCUT2D eigenvalue weighted by atomic mass is 14.9. The molecule has 0 aliphatic heterocycles. The molecule has 2 aromatic rings. The minimum atomic E-state index is 0.0711. The van der Waals surface area contributed by atoms with Gasteiger partial charge in [-0.1, -0.05) is 59.7 Å². The van der Waals surface area contributed by atoms with Gasteiger partial charge in [0.2, 0.25) is 0 Å². The SMILES string of the molecule is CCc1cccc2c(CNC(C)C)cc(C(C)(C)C)nc12. The fraction of sp³-hybridized carbons (Fsp3) is 0.526. The van der Waals surface area contributed by atoms with Crippen LogP contribution < -0.4 is 5.32 Å². The molecule has 2 rings (SSSR count). The summed E-state index contributed by atoms with van der Waals surface area (Å²) in [7, 11) is 0. The van der Waals surface area contributed by atoms with E-state index in [4.69, 9.17) is 4.98 Å². The zero-order valence-electron chi connectivity index (χ0n) is 14.2. The zero-order chi connectivity index (χ0) is 15.6. The van der Waals surface area contributed by atoms with Crippen LogP contribution in [0.3, 0.4) is 0 Å². The molecule has 0 amide bonds. The maximum atomic E-state index is 4.98. The third-order valence-electron chi connectivity index (χ3n) is 3.86. The molecular weight excluding hydrogens is 256 g/mol. The monoisotopic (exact) mass is 284 g/mol. The van der Waals surface area contributed by atoms with E-state index in [1.165, 1.54) is 27.7 Å². The molecule has 0 saturated heterocycles. The molecule has 0 aliphatic carbocycles. The van der Waals surface area contributed by atoms with E-state index < -0.39 is 0 Å². The fourth-order valence-electron chi connectivity index (χ4n) is 2.51. The summed E-state index contributed by atoms with van der Waals surface area (Å²) in [5.41, 5.74) is 5.12. The van der Waals surface area contributed by atoms with E-state index in [2.05, 4.69) is 71.1 Å². The fourth-order valence-corrected chi connectivity index (χ4v) is 2.51. The van der Waals surface area contributed by atoms with Gasteiger partial charge in [0.1, 0.15) is 0 Å². The third kappa shape index (κ3) is 3.62. The first kappa shape index (κ1) is 16.0. The lowest BCUT2D eigenvalue weighted by molar-refractivity contribution is 0.564. The first-order valence-corrected chi connectivity index (χ1v) is 7.98. The molecule has 114 valence electrons. The maximum Gasteiger partial charge on any atom is 0.0740 e. The van der Waals surface area contributed by atoms with Crippen molar-refractivity contribution < 1.29 is 0 Å². The Kier molecular flexibility index (Phi) is 4.67. The Morgan fingerprint density at radius 2 is 1.86 bits per heavy atom. The number of pyridine rings is 1. The molecule has 0 aliphatic rings. The van der Waals surface area contributed by atoms with Gasteiger partial charge in [-0.15, -0.1) is 0 Å². The molecule has 0 spiro atoms. The van der Waals surface area contributed by atoms with E-state index in [9.17, 15) is 0 Å². The second-order valence-electron chi connectivity index (χ2n) is 7.12. The zero-order valence-corrected chi connectivity index (χ0v) is 14.2. The molecule has 2 heteroatoms. The van der Waals surface area contributed by atoms with Crippen LogP contribution in [0.2, 0.25) is 0 Å². The van der Waals surface area contributed by atoms with E-state index in [0.29, 0.717) is 6.04 Å². The topological polar surface area (TPSA) is 24.9 Å². The molecular formula is C19H28N2. The molecule has 0 atom stereocenters.